The number of rotatable bonds is 4. The molecule has 0 atom stereocenters. The van der Waals surface area contributed by atoms with Crippen LogP contribution < -0.4 is 10.6 Å². The van der Waals surface area contributed by atoms with Gasteiger partial charge in [0.1, 0.15) is 0 Å². The molecule has 3 heteroatoms. The monoisotopic (exact) mass is 251 g/mol. The van der Waals surface area contributed by atoms with Crippen LogP contribution in [-0.4, -0.2) is 6.54 Å². The number of aryl methyl sites for hydroxylation is 1. The Bertz CT molecular complexity index is 564. The molecule has 0 fully saturated rings. The molecule has 2 rings (SSSR count). The highest BCUT2D eigenvalue weighted by Gasteiger charge is 2.09. The van der Waals surface area contributed by atoms with Crippen molar-refractivity contribution in [2.24, 2.45) is 0 Å². The second kappa shape index (κ2) is 5.92. The number of nitriles is 1. The summed E-state index contributed by atoms with van der Waals surface area (Å²) in [6, 6.07) is 18.2. The summed E-state index contributed by atoms with van der Waals surface area (Å²) < 4.78 is 0. The first-order valence-electron chi connectivity index (χ1n) is 6.27. The van der Waals surface area contributed by atoms with E-state index >= 15 is 0 Å². The highest BCUT2D eigenvalue weighted by atomic mass is 15.1. The fraction of sp³-hybridized carbons (Fsp3) is 0.188. The third kappa shape index (κ3) is 3.26. The van der Waals surface area contributed by atoms with Crippen LogP contribution in [0, 0.1) is 18.3 Å². The van der Waals surface area contributed by atoms with Crippen molar-refractivity contribution in [3.8, 4) is 6.07 Å². The largest absolute Gasteiger partial charge is 0.399 e. The number of nitrogens with zero attached hydrogens (tertiary/aromatic N) is 2. The maximum atomic E-state index is 8.82. The van der Waals surface area contributed by atoms with Crippen molar-refractivity contribution >= 4 is 17.1 Å². The predicted octanol–water partition coefficient (Wildman–Crippen LogP) is 3.63. The number of para-hydroxylation sites is 1. The SMILES string of the molecule is Cc1cc(N)cc(N(CCC#N)c2ccccc2)c1. The van der Waals surface area contributed by atoms with E-state index in [4.69, 9.17) is 11.0 Å². The van der Waals surface area contributed by atoms with Gasteiger partial charge >= 0.3 is 0 Å². The molecule has 0 unspecified atom stereocenters. The van der Waals surface area contributed by atoms with Gasteiger partial charge in [-0.25, -0.2) is 0 Å². The topological polar surface area (TPSA) is 53.0 Å². The molecule has 0 aliphatic rings. The van der Waals surface area contributed by atoms with Crippen LogP contribution in [0.4, 0.5) is 17.1 Å². The summed E-state index contributed by atoms with van der Waals surface area (Å²) in [5, 5.41) is 8.82. The van der Waals surface area contributed by atoms with Gasteiger partial charge in [0.2, 0.25) is 0 Å². The van der Waals surface area contributed by atoms with Gasteiger partial charge in [-0.2, -0.15) is 5.26 Å². The highest BCUT2D eigenvalue weighted by Crippen LogP contribution is 2.28. The Morgan fingerprint density at radius 2 is 1.84 bits per heavy atom. The molecule has 96 valence electrons. The second-order valence-corrected chi connectivity index (χ2v) is 4.50. The predicted molar refractivity (Wildman–Crippen MR) is 79.3 cm³/mol. The van der Waals surface area contributed by atoms with Crippen LogP contribution in [0.3, 0.4) is 0 Å². The van der Waals surface area contributed by atoms with Crippen molar-refractivity contribution < 1.29 is 0 Å². The normalized spacial score (nSPS) is 9.89. The van der Waals surface area contributed by atoms with Crippen LogP contribution in [0.1, 0.15) is 12.0 Å². The van der Waals surface area contributed by atoms with Crippen molar-refractivity contribution in [1.82, 2.24) is 0 Å². The molecule has 0 saturated heterocycles. The number of hydrogen-bond acceptors (Lipinski definition) is 3. The molecule has 0 bridgehead atoms. The van der Waals surface area contributed by atoms with Crippen molar-refractivity contribution in [2.75, 3.05) is 17.2 Å². The zero-order valence-electron chi connectivity index (χ0n) is 11.0. The Balaban J connectivity index is 2.40. The lowest BCUT2D eigenvalue weighted by molar-refractivity contribution is 0.947. The van der Waals surface area contributed by atoms with E-state index in [0.717, 1.165) is 22.6 Å². The number of anilines is 3. The minimum atomic E-state index is 0.475. The van der Waals surface area contributed by atoms with Gasteiger partial charge in [0.15, 0.2) is 0 Å². The molecule has 0 heterocycles. The second-order valence-electron chi connectivity index (χ2n) is 4.50. The first-order valence-corrected chi connectivity index (χ1v) is 6.27. The Kier molecular flexibility index (Phi) is 4.04. The number of nitrogens with two attached hydrogens (primary N) is 1. The van der Waals surface area contributed by atoms with Crippen LogP contribution in [0.5, 0.6) is 0 Å². The molecule has 0 aliphatic carbocycles. The van der Waals surface area contributed by atoms with Gasteiger partial charge in [-0.15, -0.1) is 0 Å². The lowest BCUT2D eigenvalue weighted by atomic mass is 10.1. The molecule has 0 radical (unpaired) electrons. The molecule has 0 aliphatic heterocycles. The van der Waals surface area contributed by atoms with Gasteiger partial charge in [0.05, 0.1) is 12.5 Å². The van der Waals surface area contributed by atoms with Crippen molar-refractivity contribution in [1.29, 1.82) is 5.26 Å². The van der Waals surface area contributed by atoms with Crippen LogP contribution in [0.2, 0.25) is 0 Å². The lowest BCUT2D eigenvalue weighted by Crippen LogP contribution is -2.18. The van der Waals surface area contributed by atoms with Crippen LogP contribution in [0.15, 0.2) is 48.5 Å². The van der Waals surface area contributed by atoms with E-state index in [1.807, 2.05) is 49.4 Å². The fourth-order valence-corrected chi connectivity index (χ4v) is 2.12. The molecule has 0 aromatic heterocycles. The molecule has 2 N–H and O–H groups in total. The summed E-state index contributed by atoms with van der Waals surface area (Å²) in [6.07, 6.45) is 0.475. The van der Waals surface area contributed by atoms with Gasteiger partial charge in [-0.05, 0) is 42.8 Å². The summed E-state index contributed by atoms with van der Waals surface area (Å²) in [6.45, 7) is 2.68. The standard InChI is InChI=1S/C16H17N3/c1-13-10-14(18)12-16(11-13)19(9-5-8-17)15-6-3-2-4-7-15/h2-4,6-7,10-12H,5,9,18H2,1H3. The first-order chi connectivity index (χ1) is 9.20. The number of nitrogen functional groups attached to an aromatic ring is 1. The van der Waals surface area contributed by atoms with Gasteiger partial charge in [0, 0.05) is 23.6 Å². The maximum Gasteiger partial charge on any atom is 0.0640 e. The van der Waals surface area contributed by atoms with E-state index in [9.17, 15) is 0 Å². The van der Waals surface area contributed by atoms with Crippen molar-refractivity contribution in [2.45, 2.75) is 13.3 Å². The Morgan fingerprint density at radius 3 is 2.47 bits per heavy atom. The Labute approximate surface area is 113 Å². The van der Waals surface area contributed by atoms with E-state index in [1.165, 1.54) is 0 Å². The summed E-state index contributed by atoms with van der Waals surface area (Å²) in [4.78, 5) is 2.12. The molecule has 2 aromatic rings. The molecular weight excluding hydrogens is 234 g/mol. The van der Waals surface area contributed by atoms with Gasteiger partial charge in [0.25, 0.3) is 0 Å². The highest BCUT2D eigenvalue weighted by molar-refractivity contribution is 5.67. The van der Waals surface area contributed by atoms with Crippen LogP contribution in [-0.2, 0) is 0 Å². The number of benzene rings is 2. The van der Waals surface area contributed by atoms with E-state index in [2.05, 4.69) is 17.0 Å². The van der Waals surface area contributed by atoms with E-state index in [1.54, 1.807) is 0 Å². The fourth-order valence-electron chi connectivity index (χ4n) is 2.12. The summed E-state index contributed by atoms with van der Waals surface area (Å²) >= 11 is 0. The average molecular weight is 251 g/mol. The lowest BCUT2D eigenvalue weighted by Gasteiger charge is -2.24. The van der Waals surface area contributed by atoms with Gasteiger partial charge < -0.3 is 10.6 Å². The third-order valence-electron chi connectivity index (χ3n) is 2.91. The molecule has 0 spiro atoms. The molecule has 0 amide bonds. The van der Waals surface area contributed by atoms with Crippen LogP contribution >= 0.6 is 0 Å². The average Bonchev–Trinajstić information content (AvgIpc) is 2.39. The maximum absolute atomic E-state index is 8.82. The summed E-state index contributed by atoms with van der Waals surface area (Å²) in [5.74, 6) is 0. The third-order valence-corrected chi connectivity index (χ3v) is 2.91. The molecule has 19 heavy (non-hydrogen) atoms. The molecular formula is C16H17N3. The van der Waals surface area contributed by atoms with Gasteiger partial charge in [-0.1, -0.05) is 18.2 Å². The minimum Gasteiger partial charge on any atom is -0.399 e. The molecule has 2 aromatic carbocycles. The van der Waals surface area contributed by atoms with Gasteiger partial charge in [-0.3, -0.25) is 0 Å². The minimum absolute atomic E-state index is 0.475. The first kappa shape index (κ1) is 13.0. The van der Waals surface area contributed by atoms with E-state index < -0.39 is 0 Å². The molecule has 0 saturated carbocycles. The molecule has 3 nitrogen and oxygen atoms in total. The van der Waals surface area contributed by atoms with E-state index in [-0.39, 0.29) is 0 Å². The zero-order chi connectivity index (χ0) is 13.7. The van der Waals surface area contributed by atoms with Crippen LogP contribution in [0.25, 0.3) is 0 Å². The Morgan fingerprint density at radius 1 is 1.11 bits per heavy atom. The van der Waals surface area contributed by atoms with Crippen molar-refractivity contribution in [3.63, 3.8) is 0 Å². The summed E-state index contributed by atoms with van der Waals surface area (Å²) in [5.41, 5.74) is 9.87. The zero-order valence-corrected chi connectivity index (χ0v) is 11.0. The van der Waals surface area contributed by atoms with E-state index in [0.29, 0.717) is 13.0 Å². The Hall–Kier alpha value is -2.47. The smallest absolute Gasteiger partial charge is 0.0640 e. The van der Waals surface area contributed by atoms with Crippen molar-refractivity contribution in [3.05, 3.63) is 54.1 Å². The number of hydrogen-bond donors (Lipinski definition) is 1. The summed E-state index contributed by atoms with van der Waals surface area (Å²) in [7, 11) is 0. The quantitative estimate of drug-likeness (QED) is 0.844.